The largest absolute Gasteiger partial charge is 0.317 e. The van der Waals surface area contributed by atoms with Gasteiger partial charge >= 0.3 is 0 Å². The van der Waals surface area contributed by atoms with Gasteiger partial charge in [0.15, 0.2) is 0 Å². The number of hydrogen-bond acceptors (Lipinski definition) is 2. The Morgan fingerprint density at radius 3 is 2.61 bits per heavy atom. The quantitative estimate of drug-likeness (QED) is 0.793. The number of halogens is 1. The monoisotopic (exact) mass is 315 g/mol. The third-order valence-electron chi connectivity index (χ3n) is 3.46. The first kappa shape index (κ1) is 15.7. The lowest BCUT2D eigenvalue weighted by Gasteiger charge is -2.15. The number of nitrogens with zero attached hydrogens (tertiary/aromatic N) is 2. The summed E-state index contributed by atoms with van der Waals surface area (Å²) in [5, 5.41) is 7.94. The normalized spacial score (nSPS) is 12.9. The summed E-state index contributed by atoms with van der Waals surface area (Å²) < 4.78 is 3.31. The van der Waals surface area contributed by atoms with Crippen LogP contribution >= 0.6 is 15.9 Å². The zero-order chi connectivity index (χ0) is 13.5. The SMILES string of the molecule is CCCC(CCCc1c(Br)c(C)nn1CC)NC. The third-order valence-corrected chi connectivity index (χ3v) is 4.50. The molecule has 0 aliphatic rings. The molecule has 1 heterocycles. The molecule has 1 atom stereocenters. The van der Waals surface area contributed by atoms with Crippen molar-refractivity contribution in [2.45, 2.75) is 65.5 Å². The number of nitrogens with one attached hydrogen (secondary N) is 1. The zero-order valence-corrected chi connectivity index (χ0v) is 13.7. The van der Waals surface area contributed by atoms with Crippen LogP contribution in [0.4, 0.5) is 0 Å². The van der Waals surface area contributed by atoms with Crippen molar-refractivity contribution in [3.05, 3.63) is 15.9 Å². The summed E-state index contributed by atoms with van der Waals surface area (Å²) in [4.78, 5) is 0. The molecular formula is C14H26BrN3. The third kappa shape index (κ3) is 4.09. The van der Waals surface area contributed by atoms with Gasteiger partial charge in [0.1, 0.15) is 0 Å². The Kier molecular flexibility index (Phi) is 6.94. The van der Waals surface area contributed by atoms with E-state index in [4.69, 9.17) is 0 Å². The van der Waals surface area contributed by atoms with E-state index in [2.05, 4.69) is 58.8 Å². The number of aromatic nitrogens is 2. The van der Waals surface area contributed by atoms with E-state index in [1.165, 1.54) is 35.8 Å². The molecule has 0 aliphatic heterocycles. The van der Waals surface area contributed by atoms with E-state index in [1.54, 1.807) is 0 Å². The maximum absolute atomic E-state index is 4.54. The molecule has 0 radical (unpaired) electrons. The molecule has 1 unspecified atom stereocenters. The van der Waals surface area contributed by atoms with Crippen molar-refractivity contribution in [3.8, 4) is 0 Å². The minimum Gasteiger partial charge on any atom is -0.317 e. The van der Waals surface area contributed by atoms with E-state index in [-0.39, 0.29) is 0 Å². The fraction of sp³-hybridized carbons (Fsp3) is 0.786. The van der Waals surface area contributed by atoms with Crippen molar-refractivity contribution in [2.75, 3.05) is 7.05 Å². The molecule has 0 aliphatic carbocycles. The van der Waals surface area contributed by atoms with E-state index in [0.29, 0.717) is 6.04 Å². The summed E-state index contributed by atoms with van der Waals surface area (Å²) in [5.41, 5.74) is 2.45. The number of hydrogen-bond donors (Lipinski definition) is 1. The molecule has 3 nitrogen and oxygen atoms in total. The molecule has 1 aromatic rings. The Morgan fingerprint density at radius 1 is 1.33 bits per heavy atom. The molecule has 0 spiro atoms. The zero-order valence-electron chi connectivity index (χ0n) is 12.1. The summed E-state index contributed by atoms with van der Waals surface area (Å²) in [6.45, 7) is 7.41. The average molecular weight is 316 g/mol. The highest BCUT2D eigenvalue weighted by Gasteiger charge is 2.12. The minimum absolute atomic E-state index is 0.660. The van der Waals surface area contributed by atoms with Crippen LogP contribution in [0.5, 0.6) is 0 Å². The van der Waals surface area contributed by atoms with Gasteiger partial charge in [-0.3, -0.25) is 4.68 Å². The Hall–Kier alpha value is -0.350. The summed E-state index contributed by atoms with van der Waals surface area (Å²) in [5.74, 6) is 0. The first-order valence-corrected chi connectivity index (χ1v) is 7.82. The van der Waals surface area contributed by atoms with Gasteiger partial charge < -0.3 is 5.32 Å². The number of rotatable bonds is 8. The van der Waals surface area contributed by atoms with Gasteiger partial charge in [0, 0.05) is 12.6 Å². The van der Waals surface area contributed by atoms with Gasteiger partial charge in [-0.05, 0) is 62.5 Å². The fourth-order valence-electron chi connectivity index (χ4n) is 2.41. The highest BCUT2D eigenvalue weighted by molar-refractivity contribution is 9.10. The van der Waals surface area contributed by atoms with Gasteiger partial charge in [-0.2, -0.15) is 5.10 Å². The topological polar surface area (TPSA) is 29.9 Å². The lowest BCUT2D eigenvalue weighted by molar-refractivity contribution is 0.464. The molecule has 0 bridgehead atoms. The second-order valence-corrected chi connectivity index (χ2v) is 5.62. The van der Waals surface area contributed by atoms with Crippen LogP contribution in [0.3, 0.4) is 0 Å². The first-order chi connectivity index (χ1) is 8.63. The first-order valence-electron chi connectivity index (χ1n) is 7.03. The molecule has 0 saturated carbocycles. The number of aryl methyl sites for hydroxylation is 2. The van der Waals surface area contributed by atoms with Crippen LogP contribution in [0.25, 0.3) is 0 Å². The predicted octanol–water partition coefficient (Wildman–Crippen LogP) is 3.68. The Labute approximate surface area is 119 Å². The van der Waals surface area contributed by atoms with Crippen LogP contribution in [0, 0.1) is 6.92 Å². The van der Waals surface area contributed by atoms with Crippen molar-refractivity contribution >= 4 is 15.9 Å². The maximum Gasteiger partial charge on any atom is 0.0738 e. The van der Waals surface area contributed by atoms with E-state index < -0.39 is 0 Å². The van der Waals surface area contributed by atoms with Crippen LogP contribution in [-0.4, -0.2) is 22.9 Å². The Bertz CT molecular complexity index is 360. The molecule has 1 aromatic heterocycles. The van der Waals surface area contributed by atoms with Gasteiger partial charge in [0.25, 0.3) is 0 Å². The standard InChI is InChI=1S/C14H26BrN3/c1-5-8-12(16-4)9-7-10-13-14(15)11(3)17-18(13)6-2/h12,16H,5-10H2,1-4H3. The summed E-state index contributed by atoms with van der Waals surface area (Å²) in [6, 6.07) is 0.660. The highest BCUT2D eigenvalue weighted by Crippen LogP contribution is 2.23. The van der Waals surface area contributed by atoms with Crippen molar-refractivity contribution < 1.29 is 0 Å². The van der Waals surface area contributed by atoms with Gasteiger partial charge in [0.05, 0.1) is 15.9 Å². The predicted molar refractivity (Wildman–Crippen MR) is 81.0 cm³/mol. The smallest absolute Gasteiger partial charge is 0.0738 e. The fourth-order valence-corrected chi connectivity index (χ4v) is 2.89. The van der Waals surface area contributed by atoms with Crippen LogP contribution in [0.1, 0.15) is 50.9 Å². The maximum atomic E-state index is 4.54. The van der Waals surface area contributed by atoms with Crippen molar-refractivity contribution in [2.24, 2.45) is 0 Å². The average Bonchev–Trinajstić information content (AvgIpc) is 2.65. The summed E-state index contributed by atoms with van der Waals surface area (Å²) in [7, 11) is 2.07. The second kappa shape index (κ2) is 7.95. The summed E-state index contributed by atoms with van der Waals surface area (Å²) in [6.07, 6.45) is 6.09. The molecule has 4 heteroatoms. The molecule has 0 amide bonds. The molecule has 0 fully saturated rings. The lowest BCUT2D eigenvalue weighted by Crippen LogP contribution is -2.24. The van der Waals surface area contributed by atoms with Crippen LogP contribution in [0.2, 0.25) is 0 Å². The summed E-state index contributed by atoms with van der Waals surface area (Å²) >= 11 is 3.66. The van der Waals surface area contributed by atoms with Crippen LogP contribution in [-0.2, 0) is 13.0 Å². The molecule has 0 saturated heterocycles. The van der Waals surface area contributed by atoms with E-state index in [0.717, 1.165) is 18.7 Å². The van der Waals surface area contributed by atoms with Gasteiger partial charge in [-0.1, -0.05) is 13.3 Å². The van der Waals surface area contributed by atoms with Crippen molar-refractivity contribution in [1.29, 1.82) is 0 Å². The van der Waals surface area contributed by atoms with Gasteiger partial charge in [-0.15, -0.1) is 0 Å². The minimum atomic E-state index is 0.660. The van der Waals surface area contributed by atoms with Gasteiger partial charge in [-0.25, -0.2) is 0 Å². The van der Waals surface area contributed by atoms with Crippen LogP contribution in [0.15, 0.2) is 4.47 Å². The van der Waals surface area contributed by atoms with E-state index in [1.807, 2.05) is 0 Å². The molecule has 1 rings (SSSR count). The second-order valence-electron chi connectivity index (χ2n) is 4.83. The van der Waals surface area contributed by atoms with Crippen molar-refractivity contribution in [1.82, 2.24) is 15.1 Å². The lowest BCUT2D eigenvalue weighted by atomic mass is 10.0. The molecule has 1 N–H and O–H groups in total. The molecule has 0 aromatic carbocycles. The van der Waals surface area contributed by atoms with E-state index >= 15 is 0 Å². The molecular weight excluding hydrogens is 290 g/mol. The van der Waals surface area contributed by atoms with E-state index in [9.17, 15) is 0 Å². The Balaban J connectivity index is 2.52. The molecule has 18 heavy (non-hydrogen) atoms. The molecule has 104 valence electrons. The van der Waals surface area contributed by atoms with Crippen molar-refractivity contribution in [3.63, 3.8) is 0 Å². The van der Waals surface area contributed by atoms with Crippen LogP contribution < -0.4 is 5.32 Å². The Morgan fingerprint density at radius 2 is 2.06 bits per heavy atom. The highest BCUT2D eigenvalue weighted by atomic mass is 79.9. The van der Waals surface area contributed by atoms with Gasteiger partial charge in [0.2, 0.25) is 0 Å².